The third-order valence-corrected chi connectivity index (χ3v) is 3.64. The van der Waals surface area contributed by atoms with E-state index in [1.54, 1.807) is 24.3 Å². The van der Waals surface area contributed by atoms with E-state index in [0.717, 1.165) is 0 Å². The molecule has 0 heterocycles. The van der Waals surface area contributed by atoms with Gasteiger partial charge in [0.25, 0.3) is 5.91 Å². The van der Waals surface area contributed by atoms with Crippen molar-refractivity contribution in [2.45, 2.75) is 19.7 Å². The first-order chi connectivity index (χ1) is 13.7. The second kappa shape index (κ2) is 9.83. The van der Waals surface area contributed by atoms with Crippen LogP contribution in [0, 0.1) is 0 Å². The van der Waals surface area contributed by atoms with Crippen molar-refractivity contribution in [1.29, 1.82) is 0 Å². The number of alkyl halides is 3. The summed E-state index contributed by atoms with van der Waals surface area (Å²) in [5.41, 5.74) is 1.21. The highest BCUT2D eigenvalue weighted by Crippen LogP contribution is 2.17. The second-order valence-electron chi connectivity index (χ2n) is 6.03. The van der Waals surface area contributed by atoms with Crippen LogP contribution in [0.4, 0.5) is 18.9 Å². The first kappa shape index (κ1) is 22.1. The van der Waals surface area contributed by atoms with E-state index in [9.17, 15) is 27.6 Å². The first-order valence-corrected chi connectivity index (χ1v) is 8.46. The minimum Gasteiger partial charge on any atom is -0.452 e. The van der Waals surface area contributed by atoms with Gasteiger partial charge in [-0.1, -0.05) is 24.3 Å². The minimum absolute atomic E-state index is 0.126. The normalized spacial score (nSPS) is 11.0. The molecule has 0 spiro atoms. The zero-order chi connectivity index (χ0) is 21.4. The summed E-state index contributed by atoms with van der Waals surface area (Å²) in [6.07, 6.45) is -4.41. The Hall–Kier alpha value is -3.20. The van der Waals surface area contributed by atoms with Gasteiger partial charge < -0.3 is 14.8 Å². The van der Waals surface area contributed by atoms with Crippen LogP contribution in [0.2, 0.25) is 0 Å². The zero-order valence-corrected chi connectivity index (χ0v) is 15.4. The van der Waals surface area contributed by atoms with Crippen LogP contribution < -0.4 is 5.32 Å². The van der Waals surface area contributed by atoms with Crippen LogP contribution in [0.25, 0.3) is 0 Å². The van der Waals surface area contributed by atoms with Gasteiger partial charge >= 0.3 is 12.1 Å². The van der Waals surface area contributed by atoms with Crippen LogP contribution >= 0.6 is 0 Å². The summed E-state index contributed by atoms with van der Waals surface area (Å²) in [4.78, 5) is 35.5. The molecule has 0 saturated heterocycles. The lowest BCUT2D eigenvalue weighted by atomic mass is 10.1. The van der Waals surface area contributed by atoms with Gasteiger partial charge in [-0.05, 0) is 36.8 Å². The second-order valence-corrected chi connectivity index (χ2v) is 6.03. The molecular weight excluding hydrogens is 391 g/mol. The van der Waals surface area contributed by atoms with E-state index in [0.29, 0.717) is 16.8 Å². The monoisotopic (exact) mass is 409 g/mol. The molecule has 0 aliphatic heterocycles. The van der Waals surface area contributed by atoms with Crippen molar-refractivity contribution in [2.75, 3.05) is 18.5 Å². The molecule has 0 radical (unpaired) electrons. The van der Waals surface area contributed by atoms with Crippen molar-refractivity contribution in [1.82, 2.24) is 0 Å². The number of anilines is 1. The number of hydrogen-bond acceptors (Lipinski definition) is 5. The van der Waals surface area contributed by atoms with Gasteiger partial charge in [-0.3, -0.25) is 9.59 Å². The number of amides is 1. The molecule has 9 heteroatoms. The van der Waals surface area contributed by atoms with E-state index >= 15 is 0 Å². The first-order valence-electron chi connectivity index (χ1n) is 8.46. The van der Waals surface area contributed by atoms with Gasteiger partial charge in [-0.25, -0.2) is 4.79 Å². The number of nitrogens with one attached hydrogen (secondary N) is 1. The van der Waals surface area contributed by atoms with Crippen molar-refractivity contribution in [2.24, 2.45) is 0 Å². The molecule has 2 aromatic carbocycles. The van der Waals surface area contributed by atoms with Gasteiger partial charge in [-0.15, -0.1) is 0 Å². The number of Topliss-reactive ketones (excluding diaryl/α,β-unsaturated/α-hetero) is 1. The molecule has 2 aromatic rings. The van der Waals surface area contributed by atoms with E-state index in [-0.39, 0.29) is 18.0 Å². The highest BCUT2D eigenvalue weighted by molar-refractivity contribution is 6.04. The van der Waals surface area contributed by atoms with Crippen molar-refractivity contribution in [3.05, 3.63) is 65.2 Å². The Balaban J connectivity index is 1.84. The smallest absolute Gasteiger partial charge is 0.411 e. The number of esters is 1. The van der Waals surface area contributed by atoms with Crippen LogP contribution in [0.1, 0.15) is 33.2 Å². The molecule has 0 fully saturated rings. The van der Waals surface area contributed by atoms with Crippen LogP contribution in [-0.4, -0.2) is 37.0 Å². The Labute approximate surface area is 164 Å². The van der Waals surface area contributed by atoms with Gasteiger partial charge in [0.05, 0.1) is 17.9 Å². The van der Waals surface area contributed by atoms with Crippen LogP contribution in [-0.2, 0) is 20.9 Å². The summed E-state index contributed by atoms with van der Waals surface area (Å²) < 4.78 is 45.6. The van der Waals surface area contributed by atoms with Crippen molar-refractivity contribution in [3.63, 3.8) is 0 Å². The van der Waals surface area contributed by atoms with Gasteiger partial charge in [0.2, 0.25) is 0 Å². The standard InChI is InChI=1S/C20H18F3NO5/c1-13(25)16-4-2-3-5-17(16)24-18(26)11-29-19(27)15-8-6-14(7-9-15)10-28-12-20(21,22)23/h2-9H,10-12H2,1H3,(H,24,26). The molecule has 0 aliphatic carbocycles. The molecule has 29 heavy (non-hydrogen) atoms. The fraction of sp³-hybridized carbons (Fsp3) is 0.250. The molecule has 2 rings (SSSR count). The number of ether oxygens (including phenoxy) is 2. The maximum atomic E-state index is 12.0. The number of benzene rings is 2. The lowest BCUT2D eigenvalue weighted by Crippen LogP contribution is -2.22. The molecule has 0 bridgehead atoms. The largest absolute Gasteiger partial charge is 0.452 e. The molecule has 0 saturated carbocycles. The number of carbonyl (C=O) groups is 3. The summed E-state index contributed by atoms with van der Waals surface area (Å²) in [6.45, 7) is -0.824. The van der Waals surface area contributed by atoms with Gasteiger partial charge in [0.1, 0.15) is 6.61 Å². The van der Waals surface area contributed by atoms with Crippen molar-refractivity contribution < 1.29 is 37.0 Å². The summed E-state index contributed by atoms with van der Waals surface area (Å²) in [6, 6.07) is 12.0. The molecule has 1 amide bonds. The van der Waals surface area contributed by atoms with E-state index in [4.69, 9.17) is 4.74 Å². The Morgan fingerprint density at radius 1 is 1.00 bits per heavy atom. The fourth-order valence-electron chi connectivity index (χ4n) is 2.32. The molecule has 0 atom stereocenters. The molecule has 1 N–H and O–H groups in total. The van der Waals surface area contributed by atoms with Crippen molar-refractivity contribution >= 4 is 23.3 Å². The maximum absolute atomic E-state index is 12.0. The third-order valence-electron chi connectivity index (χ3n) is 3.64. The highest BCUT2D eigenvalue weighted by atomic mass is 19.4. The van der Waals surface area contributed by atoms with E-state index in [1.165, 1.54) is 31.2 Å². The minimum atomic E-state index is -4.41. The number of ketones is 1. The topological polar surface area (TPSA) is 81.7 Å². The van der Waals surface area contributed by atoms with E-state index in [2.05, 4.69) is 10.1 Å². The summed E-state index contributed by atoms with van der Waals surface area (Å²) >= 11 is 0. The number of para-hydroxylation sites is 1. The Morgan fingerprint density at radius 2 is 1.66 bits per heavy atom. The predicted octanol–water partition coefficient (Wildman–Crippen LogP) is 3.76. The lowest BCUT2D eigenvalue weighted by Gasteiger charge is -2.10. The van der Waals surface area contributed by atoms with Crippen molar-refractivity contribution in [3.8, 4) is 0 Å². The summed E-state index contributed by atoms with van der Waals surface area (Å²) in [5.74, 6) is -1.62. The summed E-state index contributed by atoms with van der Waals surface area (Å²) in [7, 11) is 0. The quantitative estimate of drug-likeness (QED) is 0.530. The zero-order valence-electron chi connectivity index (χ0n) is 15.4. The van der Waals surface area contributed by atoms with Gasteiger partial charge in [0.15, 0.2) is 12.4 Å². The molecule has 0 unspecified atom stereocenters. The van der Waals surface area contributed by atoms with E-state index in [1.807, 2.05) is 0 Å². The highest BCUT2D eigenvalue weighted by Gasteiger charge is 2.27. The lowest BCUT2D eigenvalue weighted by molar-refractivity contribution is -0.176. The number of rotatable bonds is 8. The SMILES string of the molecule is CC(=O)c1ccccc1NC(=O)COC(=O)c1ccc(COCC(F)(F)F)cc1. The Bertz CT molecular complexity index is 878. The molecule has 0 aliphatic rings. The average molecular weight is 409 g/mol. The molecule has 6 nitrogen and oxygen atoms in total. The predicted molar refractivity (Wildman–Crippen MR) is 97.5 cm³/mol. The third kappa shape index (κ3) is 7.38. The maximum Gasteiger partial charge on any atom is 0.411 e. The summed E-state index contributed by atoms with van der Waals surface area (Å²) in [5, 5.41) is 2.50. The van der Waals surface area contributed by atoms with Gasteiger partial charge in [-0.2, -0.15) is 13.2 Å². The van der Waals surface area contributed by atoms with Crippen LogP contribution in [0.15, 0.2) is 48.5 Å². The molecule has 154 valence electrons. The number of halogens is 3. The molecule has 0 aromatic heterocycles. The fourth-order valence-corrected chi connectivity index (χ4v) is 2.32. The Morgan fingerprint density at radius 3 is 2.28 bits per heavy atom. The molecular formula is C20H18F3NO5. The number of hydrogen-bond donors (Lipinski definition) is 1. The average Bonchev–Trinajstić information content (AvgIpc) is 2.66. The van der Waals surface area contributed by atoms with Gasteiger partial charge in [0, 0.05) is 5.56 Å². The van der Waals surface area contributed by atoms with Crippen LogP contribution in [0.3, 0.4) is 0 Å². The Kier molecular flexibility index (Phi) is 7.49. The number of carbonyl (C=O) groups excluding carboxylic acids is 3. The van der Waals surface area contributed by atoms with E-state index < -0.39 is 31.3 Å². The van der Waals surface area contributed by atoms with Crippen LogP contribution in [0.5, 0.6) is 0 Å².